The van der Waals surface area contributed by atoms with Gasteiger partial charge in [0.25, 0.3) is 0 Å². The summed E-state index contributed by atoms with van der Waals surface area (Å²) in [7, 11) is 3.46. The van der Waals surface area contributed by atoms with Gasteiger partial charge in [-0.3, -0.25) is 4.79 Å². The normalized spacial score (nSPS) is 12.2. The predicted molar refractivity (Wildman–Crippen MR) is 73.4 cm³/mol. The molecule has 0 aliphatic carbocycles. The molecule has 0 spiro atoms. The van der Waals surface area contributed by atoms with Crippen molar-refractivity contribution in [2.24, 2.45) is 5.73 Å². The quantitative estimate of drug-likeness (QED) is 0.890. The Morgan fingerprint density at radius 3 is 2.68 bits per heavy atom. The molecule has 5 heteroatoms. The van der Waals surface area contributed by atoms with Gasteiger partial charge in [-0.15, -0.1) is 0 Å². The highest BCUT2D eigenvalue weighted by molar-refractivity contribution is 5.75. The minimum Gasteiger partial charge on any atom is -0.347 e. The van der Waals surface area contributed by atoms with Crippen LogP contribution in [0, 0.1) is 0 Å². The average Bonchev–Trinajstić information content (AvgIpc) is 2.87. The molecule has 1 unspecified atom stereocenters. The second-order valence-corrected chi connectivity index (χ2v) is 4.62. The summed E-state index contributed by atoms with van der Waals surface area (Å²) in [6.45, 7) is 0.253. The number of amides is 1. The predicted octanol–water partition coefficient (Wildman–Crippen LogP) is 1.02. The van der Waals surface area contributed by atoms with Gasteiger partial charge in [-0.05, 0) is 5.56 Å². The van der Waals surface area contributed by atoms with E-state index in [9.17, 15) is 4.79 Å². The molecule has 5 nitrogen and oxygen atoms in total. The zero-order chi connectivity index (χ0) is 13.8. The number of nitrogens with two attached hydrogens (primary N) is 1. The highest BCUT2D eigenvalue weighted by atomic mass is 16.2. The fraction of sp³-hybridized carbons (Fsp3) is 0.286. The zero-order valence-corrected chi connectivity index (χ0v) is 11.2. The maximum Gasteiger partial charge on any atom is 0.242 e. The lowest BCUT2D eigenvalue weighted by atomic mass is 10.1. The van der Waals surface area contributed by atoms with Crippen molar-refractivity contribution in [1.82, 2.24) is 14.5 Å². The van der Waals surface area contributed by atoms with Crippen LogP contribution in [-0.2, 0) is 11.3 Å². The average molecular weight is 258 g/mol. The van der Waals surface area contributed by atoms with E-state index in [1.54, 1.807) is 36.1 Å². The molecule has 0 bridgehead atoms. The molecule has 2 N–H and O–H groups in total. The summed E-state index contributed by atoms with van der Waals surface area (Å²) in [5.74, 6) is 0.0134. The fourth-order valence-electron chi connectivity index (χ4n) is 1.84. The van der Waals surface area contributed by atoms with Gasteiger partial charge < -0.3 is 15.2 Å². The van der Waals surface area contributed by atoms with Crippen molar-refractivity contribution in [2.45, 2.75) is 12.6 Å². The van der Waals surface area contributed by atoms with Crippen molar-refractivity contribution < 1.29 is 4.79 Å². The van der Waals surface area contributed by atoms with Crippen molar-refractivity contribution in [3.63, 3.8) is 0 Å². The largest absolute Gasteiger partial charge is 0.347 e. The maximum absolute atomic E-state index is 11.8. The number of benzene rings is 1. The molecule has 2 aromatic rings. The summed E-state index contributed by atoms with van der Waals surface area (Å²) in [6, 6.07) is 9.50. The lowest BCUT2D eigenvalue weighted by molar-refractivity contribution is -0.129. The number of imidazole rings is 1. The van der Waals surface area contributed by atoms with Crippen LogP contribution in [0.4, 0.5) is 0 Å². The third-order valence-corrected chi connectivity index (χ3v) is 3.03. The van der Waals surface area contributed by atoms with Gasteiger partial charge in [-0.2, -0.15) is 0 Å². The van der Waals surface area contributed by atoms with Crippen LogP contribution in [0.25, 0.3) is 0 Å². The van der Waals surface area contributed by atoms with Gasteiger partial charge in [-0.25, -0.2) is 4.98 Å². The molecular formula is C14H18N4O. The number of aromatic nitrogens is 2. The second kappa shape index (κ2) is 5.67. The van der Waals surface area contributed by atoms with E-state index < -0.39 is 0 Å². The lowest BCUT2D eigenvalue weighted by Crippen LogP contribution is -2.28. The molecule has 1 aromatic carbocycles. The van der Waals surface area contributed by atoms with Crippen molar-refractivity contribution in [3.05, 3.63) is 54.1 Å². The van der Waals surface area contributed by atoms with E-state index in [1.165, 1.54) is 0 Å². The number of hydrogen-bond acceptors (Lipinski definition) is 3. The van der Waals surface area contributed by atoms with E-state index in [0.717, 1.165) is 11.3 Å². The third kappa shape index (κ3) is 3.00. The molecule has 0 aliphatic heterocycles. The number of carbonyl (C=O) groups excluding carboxylic acids is 1. The Morgan fingerprint density at radius 1 is 1.37 bits per heavy atom. The van der Waals surface area contributed by atoms with Gasteiger partial charge in [0.15, 0.2) is 0 Å². The minimum atomic E-state index is -0.279. The first-order valence-electron chi connectivity index (χ1n) is 6.10. The summed E-state index contributed by atoms with van der Waals surface area (Å²) in [4.78, 5) is 17.4. The van der Waals surface area contributed by atoms with Gasteiger partial charge in [0, 0.05) is 14.1 Å². The topological polar surface area (TPSA) is 64.2 Å². The number of hydrogen-bond donors (Lipinski definition) is 1. The number of likely N-dealkylation sites (N-methyl/N-ethyl adjacent to an activating group) is 1. The van der Waals surface area contributed by atoms with E-state index >= 15 is 0 Å². The molecule has 0 aliphatic rings. The third-order valence-electron chi connectivity index (χ3n) is 3.03. The molecule has 2 rings (SSSR count). The highest BCUT2D eigenvalue weighted by Gasteiger charge is 2.15. The molecule has 0 radical (unpaired) electrons. The van der Waals surface area contributed by atoms with E-state index in [1.807, 2.05) is 30.3 Å². The summed E-state index contributed by atoms with van der Waals surface area (Å²) in [6.07, 6.45) is 3.35. The molecule has 1 amide bonds. The van der Waals surface area contributed by atoms with Crippen molar-refractivity contribution in [3.8, 4) is 0 Å². The fourth-order valence-corrected chi connectivity index (χ4v) is 1.84. The number of nitrogens with zero attached hydrogens (tertiary/aromatic N) is 3. The Labute approximate surface area is 112 Å². The molecule has 19 heavy (non-hydrogen) atoms. The number of carbonyl (C=O) groups is 1. The van der Waals surface area contributed by atoms with Crippen LogP contribution in [0.1, 0.15) is 17.3 Å². The van der Waals surface area contributed by atoms with Crippen LogP contribution in [0.5, 0.6) is 0 Å². The van der Waals surface area contributed by atoms with Gasteiger partial charge in [-0.1, -0.05) is 30.3 Å². The Hall–Kier alpha value is -2.14. The Kier molecular flexibility index (Phi) is 3.97. The monoisotopic (exact) mass is 258 g/mol. The van der Waals surface area contributed by atoms with Gasteiger partial charge in [0.1, 0.15) is 6.54 Å². The van der Waals surface area contributed by atoms with Crippen LogP contribution >= 0.6 is 0 Å². The van der Waals surface area contributed by atoms with Crippen LogP contribution in [-0.4, -0.2) is 34.5 Å². The molecular weight excluding hydrogens is 240 g/mol. The van der Waals surface area contributed by atoms with E-state index in [4.69, 9.17) is 5.73 Å². The summed E-state index contributed by atoms with van der Waals surface area (Å²) < 4.78 is 1.79. The van der Waals surface area contributed by atoms with Crippen molar-refractivity contribution in [1.29, 1.82) is 0 Å². The van der Waals surface area contributed by atoms with Gasteiger partial charge in [0.2, 0.25) is 5.91 Å². The zero-order valence-electron chi connectivity index (χ0n) is 11.2. The Morgan fingerprint density at radius 2 is 2.05 bits per heavy atom. The van der Waals surface area contributed by atoms with Crippen molar-refractivity contribution >= 4 is 5.91 Å². The van der Waals surface area contributed by atoms with Crippen molar-refractivity contribution in [2.75, 3.05) is 14.1 Å². The van der Waals surface area contributed by atoms with Gasteiger partial charge >= 0.3 is 0 Å². The SMILES string of the molecule is CN(C)C(=O)Cn1cncc1C(N)c1ccccc1. The smallest absolute Gasteiger partial charge is 0.242 e. The van der Waals surface area contributed by atoms with Crippen LogP contribution in [0.3, 0.4) is 0 Å². The van der Waals surface area contributed by atoms with Crippen LogP contribution in [0.15, 0.2) is 42.9 Å². The summed E-state index contributed by atoms with van der Waals surface area (Å²) in [5, 5.41) is 0. The standard InChI is InChI=1S/C14H18N4O/c1-17(2)13(19)9-18-10-16-8-12(18)14(15)11-6-4-3-5-7-11/h3-8,10,14H,9,15H2,1-2H3. The minimum absolute atomic E-state index is 0.0134. The number of rotatable bonds is 4. The highest BCUT2D eigenvalue weighted by Crippen LogP contribution is 2.18. The molecule has 1 aromatic heterocycles. The maximum atomic E-state index is 11.8. The van der Waals surface area contributed by atoms with Crippen LogP contribution < -0.4 is 5.73 Å². The molecule has 1 atom stereocenters. The Balaban J connectivity index is 2.22. The van der Waals surface area contributed by atoms with E-state index in [0.29, 0.717) is 0 Å². The first-order valence-corrected chi connectivity index (χ1v) is 6.10. The first-order chi connectivity index (χ1) is 9.09. The molecule has 100 valence electrons. The van der Waals surface area contributed by atoms with Gasteiger partial charge in [0.05, 0.1) is 24.3 Å². The molecule has 0 saturated carbocycles. The van der Waals surface area contributed by atoms with E-state index in [-0.39, 0.29) is 18.5 Å². The Bertz CT molecular complexity index is 548. The molecule has 0 fully saturated rings. The summed E-state index contributed by atoms with van der Waals surface area (Å²) >= 11 is 0. The molecule has 1 heterocycles. The van der Waals surface area contributed by atoms with Crippen LogP contribution in [0.2, 0.25) is 0 Å². The first kappa shape index (κ1) is 13.3. The summed E-state index contributed by atoms with van der Waals surface area (Å²) in [5.41, 5.74) is 8.06. The molecule has 0 saturated heterocycles. The lowest BCUT2D eigenvalue weighted by Gasteiger charge is -2.16. The van der Waals surface area contributed by atoms with E-state index in [2.05, 4.69) is 4.98 Å². The second-order valence-electron chi connectivity index (χ2n) is 4.62.